The third-order valence-corrected chi connectivity index (χ3v) is 7.04. The van der Waals surface area contributed by atoms with Crippen molar-refractivity contribution in [3.8, 4) is 0 Å². The molecular weight excluding hydrogens is 381 g/mol. The molecule has 1 aromatic heterocycles. The van der Waals surface area contributed by atoms with Crippen molar-refractivity contribution in [1.82, 2.24) is 13.8 Å². The van der Waals surface area contributed by atoms with E-state index in [0.717, 1.165) is 17.0 Å². The first-order valence-electron chi connectivity index (χ1n) is 8.97. The predicted molar refractivity (Wildman–Crippen MR) is 104 cm³/mol. The molecule has 6 nitrogen and oxygen atoms in total. The van der Waals surface area contributed by atoms with Crippen LogP contribution in [0.25, 0.3) is 10.9 Å². The molecular formula is C20H20FN3O3S. The number of amides is 1. The summed E-state index contributed by atoms with van der Waals surface area (Å²) in [5, 5.41) is 0.872. The van der Waals surface area contributed by atoms with Crippen LogP contribution in [-0.2, 0) is 17.1 Å². The molecule has 1 amide bonds. The van der Waals surface area contributed by atoms with Crippen molar-refractivity contribution in [2.75, 3.05) is 26.2 Å². The average Bonchev–Trinajstić information content (AvgIpc) is 3.05. The lowest BCUT2D eigenvalue weighted by Gasteiger charge is -2.34. The van der Waals surface area contributed by atoms with Gasteiger partial charge in [-0.25, -0.2) is 12.8 Å². The van der Waals surface area contributed by atoms with Crippen LogP contribution in [0.4, 0.5) is 4.39 Å². The van der Waals surface area contributed by atoms with Crippen molar-refractivity contribution in [1.29, 1.82) is 0 Å². The zero-order valence-corrected chi connectivity index (χ0v) is 16.2. The number of hydrogen-bond acceptors (Lipinski definition) is 3. The number of para-hydroxylation sites is 1. The highest BCUT2D eigenvalue weighted by Crippen LogP contribution is 2.24. The van der Waals surface area contributed by atoms with E-state index in [-0.39, 0.29) is 37.0 Å². The van der Waals surface area contributed by atoms with E-state index in [2.05, 4.69) is 0 Å². The Balaban J connectivity index is 1.53. The Hall–Kier alpha value is -2.71. The van der Waals surface area contributed by atoms with Crippen LogP contribution >= 0.6 is 0 Å². The molecule has 0 atom stereocenters. The van der Waals surface area contributed by atoms with E-state index in [1.54, 1.807) is 11.1 Å². The standard InChI is InChI=1S/C20H20FN3O3S/c1-22-14-16(15-6-2-4-8-18(15)22)20(25)23-10-12-24(13-11-23)28(26,27)19-9-5-3-7-17(19)21/h2-9,14H,10-13H2,1H3. The minimum atomic E-state index is -3.92. The van der Waals surface area contributed by atoms with Crippen molar-refractivity contribution in [3.05, 3.63) is 66.1 Å². The van der Waals surface area contributed by atoms with E-state index in [4.69, 9.17) is 0 Å². The van der Waals surface area contributed by atoms with Crippen LogP contribution in [0.2, 0.25) is 0 Å². The number of hydrogen-bond donors (Lipinski definition) is 0. The van der Waals surface area contributed by atoms with Gasteiger partial charge in [-0.2, -0.15) is 4.31 Å². The molecule has 0 bridgehead atoms. The van der Waals surface area contributed by atoms with Gasteiger partial charge < -0.3 is 9.47 Å². The molecule has 1 aliphatic rings. The number of fused-ring (bicyclic) bond motifs is 1. The molecule has 1 fully saturated rings. The molecule has 0 saturated carbocycles. The number of carbonyl (C=O) groups excluding carboxylic acids is 1. The quantitative estimate of drug-likeness (QED) is 0.677. The lowest BCUT2D eigenvalue weighted by Crippen LogP contribution is -2.50. The van der Waals surface area contributed by atoms with Gasteiger partial charge in [-0.1, -0.05) is 30.3 Å². The van der Waals surface area contributed by atoms with Gasteiger partial charge in [0.2, 0.25) is 10.0 Å². The summed E-state index contributed by atoms with van der Waals surface area (Å²) in [7, 11) is -2.03. The Bertz CT molecular complexity index is 1150. The van der Waals surface area contributed by atoms with Gasteiger partial charge in [0, 0.05) is 50.3 Å². The highest BCUT2D eigenvalue weighted by molar-refractivity contribution is 7.89. The minimum absolute atomic E-state index is 0.125. The molecule has 28 heavy (non-hydrogen) atoms. The van der Waals surface area contributed by atoms with Gasteiger partial charge in [-0.3, -0.25) is 4.79 Å². The molecule has 1 aliphatic heterocycles. The van der Waals surface area contributed by atoms with Crippen molar-refractivity contribution < 1.29 is 17.6 Å². The zero-order chi connectivity index (χ0) is 19.9. The number of aryl methyl sites for hydroxylation is 1. The second kappa shape index (κ2) is 7.03. The van der Waals surface area contributed by atoms with E-state index >= 15 is 0 Å². The van der Waals surface area contributed by atoms with Gasteiger partial charge in [0.25, 0.3) is 5.91 Å². The molecule has 8 heteroatoms. The molecule has 4 rings (SSSR count). The molecule has 2 heterocycles. The Morgan fingerprint density at radius 1 is 0.964 bits per heavy atom. The summed E-state index contributed by atoms with van der Waals surface area (Å²) in [6, 6.07) is 13.0. The monoisotopic (exact) mass is 401 g/mol. The summed E-state index contributed by atoms with van der Waals surface area (Å²) >= 11 is 0. The van der Waals surface area contributed by atoms with Gasteiger partial charge in [-0.05, 0) is 18.2 Å². The molecule has 0 aliphatic carbocycles. The maximum absolute atomic E-state index is 13.9. The summed E-state index contributed by atoms with van der Waals surface area (Å²) in [5.74, 6) is -0.892. The van der Waals surface area contributed by atoms with Gasteiger partial charge in [0.1, 0.15) is 10.7 Å². The maximum Gasteiger partial charge on any atom is 0.256 e. The van der Waals surface area contributed by atoms with E-state index < -0.39 is 15.8 Å². The normalized spacial score (nSPS) is 15.9. The smallest absolute Gasteiger partial charge is 0.256 e. The average molecular weight is 401 g/mol. The molecule has 2 aromatic carbocycles. The van der Waals surface area contributed by atoms with E-state index in [0.29, 0.717) is 5.56 Å². The highest BCUT2D eigenvalue weighted by atomic mass is 32.2. The van der Waals surface area contributed by atoms with Crippen LogP contribution in [0.5, 0.6) is 0 Å². The number of benzene rings is 2. The SMILES string of the molecule is Cn1cc(C(=O)N2CCN(S(=O)(=O)c3ccccc3F)CC2)c2ccccc21. The van der Waals surface area contributed by atoms with Gasteiger partial charge >= 0.3 is 0 Å². The van der Waals surface area contributed by atoms with Crippen LogP contribution in [0.3, 0.4) is 0 Å². The number of aromatic nitrogens is 1. The fraction of sp³-hybridized carbons (Fsp3) is 0.250. The van der Waals surface area contributed by atoms with Crippen LogP contribution in [-0.4, -0.2) is 54.3 Å². The number of nitrogens with zero attached hydrogens (tertiary/aromatic N) is 3. The minimum Gasteiger partial charge on any atom is -0.350 e. The topological polar surface area (TPSA) is 62.6 Å². The van der Waals surface area contributed by atoms with Gasteiger partial charge in [0.15, 0.2) is 0 Å². The number of rotatable bonds is 3. The third-order valence-electron chi connectivity index (χ3n) is 5.11. The zero-order valence-electron chi connectivity index (χ0n) is 15.4. The Morgan fingerprint density at radius 3 is 2.32 bits per heavy atom. The summed E-state index contributed by atoms with van der Waals surface area (Å²) in [6.07, 6.45) is 1.80. The Morgan fingerprint density at radius 2 is 1.61 bits per heavy atom. The van der Waals surface area contributed by atoms with Crippen molar-refractivity contribution >= 4 is 26.8 Å². The fourth-order valence-corrected chi connectivity index (χ4v) is 5.09. The second-order valence-corrected chi connectivity index (χ2v) is 8.70. The summed E-state index contributed by atoms with van der Waals surface area (Å²) in [5.41, 5.74) is 1.56. The second-order valence-electron chi connectivity index (χ2n) is 6.80. The lowest BCUT2D eigenvalue weighted by molar-refractivity contribution is 0.0699. The fourth-order valence-electron chi connectivity index (χ4n) is 3.61. The molecule has 0 spiro atoms. The first-order chi connectivity index (χ1) is 13.4. The summed E-state index contributed by atoms with van der Waals surface area (Å²) < 4.78 is 42.5. The predicted octanol–water partition coefficient (Wildman–Crippen LogP) is 2.46. The highest BCUT2D eigenvalue weighted by Gasteiger charge is 2.32. The maximum atomic E-state index is 13.9. The molecule has 0 unspecified atom stereocenters. The van der Waals surface area contributed by atoms with Crippen LogP contribution < -0.4 is 0 Å². The molecule has 1 saturated heterocycles. The first kappa shape index (κ1) is 18.6. The number of sulfonamides is 1. The number of piperazine rings is 1. The van der Waals surface area contributed by atoms with Crippen molar-refractivity contribution in [2.45, 2.75) is 4.90 Å². The van der Waals surface area contributed by atoms with E-state index in [1.165, 1.54) is 22.5 Å². The molecule has 3 aromatic rings. The Labute approximate surface area is 162 Å². The van der Waals surface area contributed by atoms with E-state index in [1.807, 2.05) is 35.9 Å². The van der Waals surface area contributed by atoms with Crippen molar-refractivity contribution in [3.63, 3.8) is 0 Å². The summed E-state index contributed by atoms with van der Waals surface area (Å²) in [4.78, 5) is 14.3. The number of halogens is 1. The Kier molecular flexibility index (Phi) is 4.68. The largest absolute Gasteiger partial charge is 0.350 e. The lowest BCUT2D eigenvalue weighted by atomic mass is 10.1. The molecule has 0 radical (unpaired) electrons. The van der Waals surface area contributed by atoms with Crippen LogP contribution in [0, 0.1) is 5.82 Å². The van der Waals surface area contributed by atoms with Crippen LogP contribution in [0.1, 0.15) is 10.4 Å². The molecule has 0 N–H and O–H groups in total. The van der Waals surface area contributed by atoms with Crippen LogP contribution in [0.15, 0.2) is 59.6 Å². The van der Waals surface area contributed by atoms with E-state index in [9.17, 15) is 17.6 Å². The third kappa shape index (κ3) is 3.08. The summed E-state index contributed by atoms with van der Waals surface area (Å²) in [6.45, 7) is 0.784. The van der Waals surface area contributed by atoms with Gasteiger partial charge in [0.05, 0.1) is 5.56 Å². The molecule has 146 valence electrons. The van der Waals surface area contributed by atoms with Gasteiger partial charge in [-0.15, -0.1) is 0 Å². The number of carbonyl (C=O) groups is 1. The van der Waals surface area contributed by atoms with Crippen molar-refractivity contribution in [2.24, 2.45) is 7.05 Å². The first-order valence-corrected chi connectivity index (χ1v) is 10.4.